The number of aliphatic imine (C=N–C) groups is 1. The molecule has 2 aliphatic rings. The van der Waals surface area contributed by atoms with Crippen molar-refractivity contribution >= 4 is 64.6 Å². The molecule has 376 valence electrons. The number of aromatic nitrogens is 1. The molecule has 2 aliphatic heterocycles. The van der Waals surface area contributed by atoms with Crippen LogP contribution in [0, 0.1) is 22.7 Å². The first-order valence-corrected chi connectivity index (χ1v) is 23.1. The number of fused-ring (bicyclic) bond motifs is 1. The molecule has 68 heavy (non-hydrogen) atoms. The Kier molecular flexibility index (Phi) is 20.2. The number of amidine groups is 1. The Morgan fingerprint density at radius 2 is 1.47 bits per heavy atom. The van der Waals surface area contributed by atoms with Crippen LogP contribution in [0.25, 0.3) is 0 Å². The van der Waals surface area contributed by atoms with Crippen LogP contribution in [0.15, 0.2) is 46.9 Å². The first-order chi connectivity index (χ1) is 31.6. The molecule has 0 bridgehead atoms. The molecule has 9 N–H and O–H groups in total. The van der Waals surface area contributed by atoms with E-state index in [2.05, 4.69) is 31.6 Å². The average Bonchev–Trinajstić information content (AvgIpc) is 3.95. The third-order valence-corrected chi connectivity index (χ3v) is 12.5. The van der Waals surface area contributed by atoms with E-state index in [1.165, 1.54) is 18.4 Å². The van der Waals surface area contributed by atoms with Crippen LogP contribution in [0.5, 0.6) is 0 Å². The molecule has 0 saturated carbocycles. The van der Waals surface area contributed by atoms with Crippen molar-refractivity contribution in [2.24, 2.45) is 27.7 Å². The number of carbonyl (C=O) groups excluding carboxylic acids is 6. The van der Waals surface area contributed by atoms with Gasteiger partial charge in [0.1, 0.15) is 41.6 Å². The molecular weight excluding hydrogens is 905 g/mol. The summed E-state index contributed by atoms with van der Waals surface area (Å²) in [5.41, 5.74) is -0.605. The van der Waals surface area contributed by atoms with Crippen LogP contribution >= 0.6 is 11.3 Å². The van der Waals surface area contributed by atoms with Crippen molar-refractivity contribution in [2.45, 2.75) is 136 Å². The minimum Gasteiger partial charge on any atom is -0.479 e. The van der Waals surface area contributed by atoms with Gasteiger partial charge in [-0.1, -0.05) is 99.6 Å². The fourth-order valence-electron chi connectivity index (χ4n) is 7.61. The standard InChI is InChI=1S/C42H62N8O7S.C4H6O6/c1-23(2)30-36(53)49-33(41(5,6)7)35(48-34(42(8,9)10)40(56)50-19-17-24(3)32(50)38(55)47-30)44-22-28(51)46-31(25(4)26-15-13-12-14-16-26)37(54)45-27(21-29(52)57-11)39-43-18-20-58-39;5-1(3(7)8)2(6)4(9)10/h12-16,18,20,23-25,27,30-34H,17,19,21-22H2,1-11H3,(H,44,48)(H,45,54)(H,46,51)(H,47,55)(H,49,53);1-2,5-6H,(H,7,8)(H,9,10). The molecule has 0 radical (unpaired) electrons. The van der Waals surface area contributed by atoms with Gasteiger partial charge in [-0.05, 0) is 34.7 Å². The van der Waals surface area contributed by atoms with Crippen molar-refractivity contribution in [3.8, 4) is 0 Å². The van der Waals surface area contributed by atoms with Gasteiger partial charge >= 0.3 is 17.9 Å². The first-order valence-electron chi connectivity index (χ1n) is 22.2. The van der Waals surface area contributed by atoms with E-state index in [9.17, 15) is 38.4 Å². The first kappa shape index (κ1) is 56.3. The molecule has 1 aromatic heterocycles. The fourth-order valence-corrected chi connectivity index (χ4v) is 8.30. The second-order valence-corrected chi connectivity index (χ2v) is 20.4. The number of carbonyl (C=O) groups is 8. The van der Waals surface area contributed by atoms with Crippen molar-refractivity contribution in [3.63, 3.8) is 0 Å². The molecule has 10 atom stereocenters. The Morgan fingerprint density at radius 1 is 0.882 bits per heavy atom. The van der Waals surface area contributed by atoms with E-state index in [0.29, 0.717) is 18.0 Å². The number of thiazole rings is 1. The summed E-state index contributed by atoms with van der Waals surface area (Å²) in [5, 5.41) is 50.0. The Morgan fingerprint density at radius 3 is 1.97 bits per heavy atom. The maximum absolute atomic E-state index is 14.6. The number of aliphatic carboxylic acids is 2. The van der Waals surface area contributed by atoms with Crippen molar-refractivity contribution in [2.75, 3.05) is 20.2 Å². The Labute approximate surface area is 400 Å². The number of rotatable bonds is 14. The van der Waals surface area contributed by atoms with E-state index in [4.69, 9.17) is 30.2 Å². The highest BCUT2D eigenvalue weighted by atomic mass is 32.1. The number of amides is 5. The van der Waals surface area contributed by atoms with Crippen LogP contribution in [0.3, 0.4) is 0 Å². The predicted molar refractivity (Wildman–Crippen MR) is 250 cm³/mol. The number of ether oxygens (including phenoxy) is 1. The highest BCUT2D eigenvalue weighted by Gasteiger charge is 2.47. The molecule has 22 heteroatoms. The van der Waals surface area contributed by atoms with Gasteiger partial charge in [-0.2, -0.15) is 0 Å². The maximum atomic E-state index is 14.6. The molecule has 0 aliphatic carbocycles. The number of benzene rings is 1. The number of nitrogens with one attached hydrogen (secondary N) is 5. The number of nitrogens with zero attached hydrogens (tertiary/aromatic N) is 3. The lowest BCUT2D eigenvalue weighted by Gasteiger charge is -2.41. The summed E-state index contributed by atoms with van der Waals surface area (Å²) in [6.45, 7) is 18.8. The minimum absolute atomic E-state index is 0.136. The van der Waals surface area contributed by atoms with E-state index in [0.717, 1.165) is 5.56 Å². The van der Waals surface area contributed by atoms with Crippen LogP contribution in [-0.4, -0.2) is 146 Å². The molecule has 2 saturated heterocycles. The zero-order chi connectivity index (χ0) is 51.4. The second kappa shape index (κ2) is 24.3. The number of hydrogen-bond acceptors (Lipinski definition) is 14. The van der Waals surface area contributed by atoms with Crippen molar-refractivity contribution in [1.82, 2.24) is 36.5 Å². The lowest BCUT2D eigenvalue weighted by molar-refractivity contribution is -0.165. The van der Waals surface area contributed by atoms with E-state index in [-0.39, 0.29) is 35.9 Å². The number of esters is 1. The number of hydrogen-bond donors (Lipinski definition) is 9. The van der Waals surface area contributed by atoms with E-state index in [1.54, 1.807) is 16.5 Å². The van der Waals surface area contributed by atoms with Gasteiger partial charge < -0.3 is 56.6 Å². The second-order valence-electron chi connectivity index (χ2n) is 19.4. The number of aliphatic hydroxyl groups excluding tert-OH is 2. The van der Waals surface area contributed by atoms with Gasteiger partial charge in [-0.25, -0.2) is 14.6 Å². The molecule has 1 aromatic carbocycles. The van der Waals surface area contributed by atoms with E-state index >= 15 is 0 Å². The summed E-state index contributed by atoms with van der Waals surface area (Å²) in [6, 6.07) is 3.94. The van der Waals surface area contributed by atoms with Crippen LogP contribution in [0.2, 0.25) is 0 Å². The highest BCUT2D eigenvalue weighted by molar-refractivity contribution is 7.09. The zero-order valence-electron chi connectivity index (χ0n) is 40.4. The molecule has 5 amide bonds. The van der Waals surface area contributed by atoms with Crippen molar-refractivity contribution in [1.29, 1.82) is 0 Å². The van der Waals surface area contributed by atoms with Gasteiger partial charge in [0, 0.05) is 24.0 Å². The van der Waals surface area contributed by atoms with Crippen LogP contribution < -0.4 is 26.6 Å². The van der Waals surface area contributed by atoms with Gasteiger partial charge in [0.15, 0.2) is 12.2 Å². The van der Waals surface area contributed by atoms with Gasteiger partial charge in [0.25, 0.3) is 0 Å². The quantitative estimate of drug-likeness (QED) is 0.121. The molecule has 10 unspecified atom stereocenters. The van der Waals surface area contributed by atoms with Crippen molar-refractivity contribution in [3.05, 3.63) is 52.5 Å². The van der Waals surface area contributed by atoms with Crippen molar-refractivity contribution < 1.29 is 63.5 Å². The minimum atomic E-state index is -2.27. The molecular formula is C46H68N8O13S. The maximum Gasteiger partial charge on any atom is 0.335 e. The lowest BCUT2D eigenvalue weighted by Crippen LogP contribution is -2.66. The highest BCUT2D eigenvalue weighted by Crippen LogP contribution is 2.31. The molecule has 4 rings (SSSR count). The lowest BCUT2D eigenvalue weighted by atomic mass is 9.82. The Balaban J connectivity index is 0.00000109. The van der Waals surface area contributed by atoms with Gasteiger partial charge in [0.2, 0.25) is 29.5 Å². The van der Waals surface area contributed by atoms with Gasteiger partial charge in [0.05, 0.1) is 25.6 Å². The summed E-state index contributed by atoms with van der Waals surface area (Å²) >= 11 is 1.28. The number of carboxylic acid groups (broad SMARTS) is 2. The zero-order valence-corrected chi connectivity index (χ0v) is 41.3. The average molecular weight is 973 g/mol. The summed E-state index contributed by atoms with van der Waals surface area (Å²) in [5.74, 6) is -7.02. The number of aliphatic hydroxyl groups is 2. The van der Waals surface area contributed by atoms with E-state index < -0.39 is 107 Å². The largest absolute Gasteiger partial charge is 0.479 e. The van der Waals surface area contributed by atoms with Crippen LogP contribution in [-0.2, 0) is 43.1 Å². The van der Waals surface area contributed by atoms with E-state index in [1.807, 2.05) is 99.6 Å². The third-order valence-electron chi connectivity index (χ3n) is 11.6. The molecule has 2 fully saturated rings. The normalized spacial score (nSPS) is 23.0. The number of methoxy groups -OCH3 is 1. The molecule has 0 spiro atoms. The Bertz CT molecular complexity index is 2110. The smallest absolute Gasteiger partial charge is 0.335 e. The third kappa shape index (κ3) is 15.3. The summed E-state index contributed by atoms with van der Waals surface area (Å²) < 4.78 is 4.89. The summed E-state index contributed by atoms with van der Waals surface area (Å²) in [7, 11) is 1.27. The molecule has 3 heterocycles. The summed E-state index contributed by atoms with van der Waals surface area (Å²) in [6.07, 6.45) is -2.50. The predicted octanol–water partition coefficient (Wildman–Crippen LogP) is 1.35. The van der Waals surface area contributed by atoms with Crippen LogP contribution in [0.1, 0.15) is 105 Å². The summed E-state index contributed by atoms with van der Waals surface area (Å²) in [4.78, 5) is 113. The van der Waals surface area contributed by atoms with Crippen LogP contribution in [0.4, 0.5) is 0 Å². The number of carboxylic acids is 2. The fraction of sp³-hybridized carbons (Fsp3) is 0.609. The monoisotopic (exact) mass is 972 g/mol. The Hall–Kier alpha value is -6.00. The molecule has 2 aromatic rings. The van der Waals surface area contributed by atoms with Gasteiger partial charge in [-0.3, -0.25) is 33.8 Å². The topological polar surface area (TPSA) is 315 Å². The SMILES string of the molecule is COC(=O)CC(NC(=O)C(NC(=O)CN=C1NC(C(C)(C)C)C(=O)N2CCC(C)C2C(=O)NC(C(C)C)C(=O)NC1C(C)(C)C)C(C)c1ccccc1)c1nccs1.O=C(O)C(O)C(O)C(=O)O. The van der Waals surface area contributed by atoms with Gasteiger partial charge in [-0.15, -0.1) is 11.3 Å². The molecule has 21 nitrogen and oxygen atoms in total.